The summed E-state index contributed by atoms with van der Waals surface area (Å²) < 4.78 is 4.85. The Kier molecular flexibility index (Phi) is 4.42. The summed E-state index contributed by atoms with van der Waals surface area (Å²) in [5, 5.41) is 5.20. The Balaban J connectivity index is 1.32. The average Bonchev–Trinajstić information content (AvgIpc) is 3.60. The summed E-state index contributed by atoms with van der Waals surface area (Å²) in [6.45, 7) is 4.77. The molecule has 1 aliphatic carbocycles. The Labute approximate surface area is 238 Å². The van der Waals surface area contributed by atoms with Crippen LogP contribution in [0.5, 0.6) is 0 Å². The molecule has 2 aromatic heterocycles. The van der Waals surface area contributed by atoms with E-state index < -0.39 is 0 Å². The number of aromatic nitrogens is 2. The molecule has 0 radical (unpaired) electrons. The molecule has 0 spiro atoms. The predicted octanol–water partition coefficient (Wildman–Crippen LogP) is 10.2. The van der Waals surface area contributed by atoms with Gasteiger partial charge in [0.05, 0.1) is 22.1 Å². The van der Waals surface area contributed by atoms with Gasteiger partial charge in [0.25, 0.3) is 0 Å². The van der Waals surface area contributed by atoms with Crippen molar-refractivity contribution < 1.29 is 0 Å². The van der Waals surface area contributed by atoms with Gasteiger partial charge in [0.2, 0.25) is 0 Å². The molecule has 1 aliphatic rings. The van der Waals surface area contributed by atoms with E-state index in [1.807, 2.05) is 0 Å². The highest BCUT2D eigenvalue weighted by molar-refractivity contribution is 6.12. The molecular formula is C39H28N2. The molecule has 41 heavy (non-hydrogen) atoms. The van der Waals surface area contributed by atoms with E-state index in [0.717, 1.165) is 0 Å². The largest absolute Gasteiger partial charge is 0.309 e. The molecule has 2 heteroatoms. The number of para-hydroxylation sites is 4. The fraction of sp³-hybridized carbons (Fsp3) is 0.0769. The van der Waals surface area contributed by atoms with Crippen molar-refractivity contribution in [3.8, 4) is 22.5 Å². The van der Waals surface area contributed by atoms with Crippen LogP contribution in [-0.2, 0) is 5.41 Å². The van der Waals surface area contributed by atoms with Crippen molar-refractivity contribution in [2.45, 2.75) is 19.3 Å². The SMILES string of the molecule is CC1(C)c2cc(-n3c4ccccc4c4ccccc43)ccc2-c2cc3c(cc21)c1ccccc1n3-c1ccccc1. The van der Waals surface area contributed by atoms with E-state index in [1.165, 1.54) is 77.2 Å². The number of benzene rings is 6. The maximum atomic E-state index is 2.46. The first-order valence-corrected chi connectivity index (χ1v) is 14.4. The van der Waals surface area contributed by atoms with Crippen LogP contribution in [0.4, 0.5) is 0 Å². The number of hydrogen-bond donors (Lipinski definition) is 0. The van der Waals surface area contributed by atoms with Crippen molar-refractivity contribution in [3.63, 3.8) is 0 Å². The molecular weight excluding hydrogens is 496 g/mol. The molecule has 0 N–H and O–H groups in total. The summed E-state index contributed by atoms with van der Waals surface area (Å²) in [4.78, 5) is 0. The van der Waals surface area contributed by atoms with Crippen molar-refractivity contribution in [2.24, 2.45) is 0 Å². The molecule has 6 aromatic carbocycles. The summed E-state index contributed by atoms with van der Waals surface area (Å²) in [6.07, 6.45) is 0. The summed E-state index contributed by atoms with van der Waals surface area (Å²) in [5.74, 6) is 0. The van der Waals surface area contributed by atoms with Crippen molar-refractivity contribution >= 4 is 43.6 Å². The lowest BCUT2D eigenvalue weighted by Gasteiger charge is -2.22. The zero-order valence-corrected chi connectivity index (χ0v) is 23.1. The fourth-order valence-electron chi connectivity index (χ4n) is 7.38. The first-order valence-electron chi connectivity index (χ1n) is 14.4. The Morgan fingerprint density at radius 3 is 1.54 bits per heavy atom. The monoisotopic (exact) mass is 524 g/mol. The molecule has 8 aromatic rings. The second-order valence-corrected chi connectivity index (χ2v) is 11.8. The minimum atomic E-state index is -0.121. The normalized spacial score (nSPS) is 13.8. The molecule has 0 amide bonds. The van der Waals surface area contributed by atoms with E-state index in [9.17, 15) is 0 Å². The molecule has 0 unspecified atom stereocenters. The smallest absolute Gasteiger partial charge is 0.0547 e. The van der Waals surface area contributed by atoms with Crippen molar-refractivity contribution in [3.05, 3.63) is 145 Å². The van der Waals surface area contributed by atoms with E-state index in [2.05, 4.69) is 156 Å². The number of rotatable bonds is 2. The quantitative estimate of drug-likeness (QED) is 0.213. The number of fused-ring (bicyclic) bond motifs is 9. The van der Waals surface area contributed by atoms with Gasteiger partial charge in [0, 0.05) is 38.3 Å². The maximum absolute atomic E-state index is 2.46. The Hall–Kier alpha value is -5.08. The van der Waals surface area contributed by atoms with Crippen molar-refractivity contribution in [1.82, 2.24) is 9.13 Å². The van der Waals surface area contributed by atoms with Crippen LogP contribution in [-0.4, -0.2) is 9.13 Å². The lowest BCUT2D eigenvalue weighted by molar-refractivity contribution is 0.660. The van der Waals surface area contributed by atoms with Gasteiger partial charge in [-0.1, -0.05) is 92.7 Å². The van der Waals surface area contributed by atoms with Crippen molar-refractivity contribution in [1.29, 1.82) is 0 Å². The molecule has 0 saturated carbocycles. The molecule has 2 heterocycles. The van der Waals surface area contributed by atoms with Crippen LogP contribution < -0.4 is 0 Å². The minimum Gasteiger partial charge on any atom is -0.309 e. The molecule has 2 nitrogen and oxygen atoms in total. The van der Waals surface area contributed by atoms with E-state index >= 15 is 0 Å². The standard InChI is InChI=1S/C39H28N2/c1-39(2)33-22-26(41-35-17-9-6-14-28(35)29-15-7-10-18-36(29)41)20-21-27(33)31-24-38-32(23-34(31)39)30-16-8-11-19-37(30)40(38)25-12-4-3-5-13-25/h3-24H,1-2H3. The van der Waals surface area contributed by atoms with Crippen LogP contribution >= 0.6 is 0 Å². The Morgan fingerprint density at radius 1 is 0.390 bits per heavy atom. The van der Waals surface area contributed by atoms with Gasteiger partial charge in [-0.3, -0.25) is 0 Å². The van der Waals surface area contributed by atoms with Gasteiger partial charge in [-0.25, -0.2) is 0 Å². The van der Waals surface area contributed by atoms with E-state index in [0.29, 0.717) is 0 Å². The van der Waals surface area contributed by atoms with E-state index in [-0.39, 0.29) is 5.41 Å². The lowest BCUT2D eigenvalue weighted by atomic mass is 9.82. The third kappa shape index (κ3) is 2.97. The second-order valence-electron chi connectivity index (χ2n) is 11.8. The third-order valence-electron chi connectivity index (χ3n) is 9.30. The highest BCUT2D eigenvalue weighted by Crippen LogP contribution is 2.51. The average molecular weight is 525 g/mol. The molecule has 9 rings (SSSR count). The maximum Gasteiger partial charge on any atom is 0.0547 e. The molecule has 0 saturated heterocycles. The van der Waals surface area contributed by atoms with Crippen LogP contribution in [0, 0.1) is 0 Å². The Morgan fingerprint density at radius 2 is 0.902 bits per heavy atom. The molecule has 0 atom stereocenters. The lowest BCUT2D eigenvalue weighted by Crippen LogP contribution is -2.15. The van der Waals surface area contributed by atoms with Crippen LogP contribution in [0.1, 0.15) is 25.0 Å². The predicted molar refractivity (Wildman–Crippen MR) is 173 cm³/mol. The van der Waals surface area contributed by atoms with E-state index in [4.69, 9.17) is 0 Å². The topological polar surface area (TPSA) is 9.86 Å². The van der Waals surface area contributed by atoms with Gasteiger partial charge in [-0.2, -0.15) is 0 Å². The van der Waals surface area contributed by atoms with E-state index in [1.54, 1.807) is 0 Å². The number of nitrogens with zero attached hydrogens (tertiary/aromatic N) is 2. The second kappa shape index (κ2) is 7.99. The highest BCUT2D eigenvalue weighted by atomic mass is 15.0. The summed E-state index contributed by atoms with van der Waals surface area (Å²) in [7, 11) is 0. The van der Waals surface area contributed by atoms with Gasteiger partial charge >= 0.3 is 0 Å². The zero-order valence-electron chi connectivity index (χ0n) is 23.1. The molecule has 0 aliphatic heterocycles. The van der Waals surface area contributed by atoms with Crippen molar-refractivity contribution in [2.75, 3.05) is 0 Å². The first-order chi connectivity index (χ1) is 20.1. The summed E-state index contributed by atoms with van der Waals surface area (Å²) >= 11 is 0. The minimum absolute atomic E-state index is 0.121. The van der Waals surface area contributed by atoms with Gasteiger partial charge in [0.15, 0.2) is 0 Å². The van der Waals surface area contributed by atoms with Gasteiger partial charge in [-0.15, -0.1) is 0 Å². The first kappa shape index (κ1) is 22.7. The molecule has 0 bridgehead atoms. The van der Waals surface area contributed by atoms with Crippen LogP contribution in [0.3, 0.4) is 0 Å². The molecule has 0 fully saturated rings. The highest BCUT2D eigenvalue weighted by Gasteiger charge is 2.37. The zero-order chi connectivity index (χ0) is 27.3. The summed E-state index contributed by atoms with van der Waals surface area (Å²) in [6, 6.07) is 49.0. The van der Waals surface area contributed by atoms with Gasteiger partial charge in [0.1, 0.15) is 0 Å². The van der Waals surface area contributed by atoms with Gasteiger partial charge < -0.3 is 9.13 Å². The van der Waals surface area contributed by atoms with Crippen LogP contribution in [0.25, 0.3) is 66.1 Å². The summed E-state index contributed by atoms with van der Waals surface area (Å²) in [5.41, 5.74) is 12.7. The van der Waals surface area contributed by atoms with Crippen LogP contribution in [0.15, 0.2) is 133 Å². The molecule has 194 valence electrons. The Bertz CT molecular complexity index is 2280. The van der Waals surface area contributed by atoms with Gasteiger partial charge in [-0.05, 0) is 76.9 Å². The number of hydrogen-bond acceptors (Lipinski definition) is 0. The third-order valence-corrected chi connectivity index (χ3v) is 9.30. The van der Waals surface area contributed by atoms with Crippen LogP contribution in [0.2, 0.25) is 0 Å². The fourth-order valence-corrected chi connectivity index (χ4v) is 7.38.